The Morgan fingerprint density at radius 1 is 0.844 bits per heavy atom. The minimum atomic E-state index is -0.561. The summed E-state index contributed by atoms with van der Waals surface area (Å²) in [5.74, 6) is -0.726. The fourth-order valence-electron chi connectivity index (χ4n) is 3.92. The molecular weight excluding hydrogens is 437 g/mol. The third-order valence-electron chi connectivity index (χ3n) is 5.69. The fourth-order valence-corrected chi connectivity index (χ4v) is 4.13. The van der Waals surface area contributed by atoms with Crippen LogP contribution >= 0.6 is 11.6 Å². The Morgan fingerprint density at radius 3 is 2.22 bits per heavy atom. The van der Waals surface area contributed by atoms with Crippen LogP contribution in [-0.2, 0) is 0 Å². The van der Waals surface area contributed by atoms with E-state index in [1.165, 1.54) is 36.4 Å². The van der Waals surface area contributed by atoms with Crippen LogP contribution < -0.4 is 9.64 Å². The van der Waals surface area contributed by atoms with Crippen LogP contribution in [-0.4, -0.2) is 37.6 Å². The topological polar surface area (TPSA) is 15.7 Å². The van der Waals surface area contributed by atoms with Gasteiger partial charge in [-0.3, -0.25) is 4.90 Å². The summed E-state index contributed by atoms with van der Waals surface area (Å²) in [5, 5.41) is 0.152. The van der Waals surface area contributed by atoms with Crippen molar-refractivity contribution in [3.8, 4) is 5.75 Å². The molecule has 1 heterocycles. The molecule has 1 saturated heterocycles. The normalized spacial score (nSPS) is 15.6. The van der Waals surface area contributed by atoms with Crippen LogP contribution in [0.2, 0.25) is 5.02 Å². The Bertz CT molecular complexity index is 1040. The van der Waals surface area contributed by atoms with Crippen molar-refractivity contribution in [2.24, 2.45) is 0 Å². The molecule has 0 amide bonds. The third-order valence-corrected chi connectivity index (χ3v) is 5.98. The summed E-state index contributed by atoms with van der Waals surface area (Å²) >= 11 is 6.14. The van der Waals surface area contributed by atoms with Gasteiger partial charge in [-0.1, -0.05) is 29.8 Å². The molecule has 0 saturated carbocycles. The maximum atomic E-state index is 14.5. The number of anilines is 1. The molecule has 0 radical (unpaired) electrons. The van der Waals surface area contributed by atoms with Crippen LogP contribution in [0.1, 0.15) is 18.1 Å². The van der Waals surface area contributed by atoms with Crippen LogP contribution in [0.25, 0.3) is 0 Å². The van der Waals surface area contributed by atoms with Gasteiger partial charge in [-0.25, -0.2) is 13.2 Å². The van der Waals surface area contributed by atoms with E-state index >= 15 is 0 Å². The number of halogens is 4. The first kappa shape index (κ1) is 22.5. The average molecular weight is 461 g/mol. The van der Waals surface area contributed by atoms with Crippen molar-refractivity contribution in [3.63, 3.8) is 0 Å². The van der Waals surface area contributed by atoms with E-state index in [2.05, 4.69) is 9.80 Å². The molecule has 1 atom stereocenters. The van der Waals surface area contributed by atoms with E-state index in [1.807, 2.05) is 0 Å². The molecule has 1 aliphatic heterocycles. The van der Waals surface area contributed by atoms with Gasteiger partial charge in [0.05, 0.1) is 5.02 Å². The number of hydrogen-bond acceptors (Lipinski definition) is 3. The summed E-state index contributed by atoms with van der Waals surface area (Å²) < 4.78 is 47.1. The monoisotopic (exact) mass is 460 g/mol. The van der Waals surface area contributed by atoms with Crippen molar-refractivity contribution >= 4 is 17.3 Å². The minimum absolute atomic E-state index is 0.152. The predicted molar refractivity (Wildman–Crippen MR) is 121 cm³/mol. The molecule has 3 nitrogen and oxygen atoms in total. The van der Waals surface area contributed by atoms with Gasteiger partial charge in [0.25, 0.3) is 0 Å². The van der Waals surface area contributed by atoms with E-state index < -0.39 is 11.9 Å². The van der Waals surface area contributed by atoms with Gasteiger partial charge in [0.1, 0.15) is 29.3 Å². The number of ether oxygens (including phenoxy) is 1. The molecule has 0 aromatic heterocycles. The number of hydrogen-bond donors (Lipinski definition) is 0. The first-order chi connectivity index (χ1) is 15.5. The Hall–Kier alpha value is -2.70. The largest absolute Gasteiger partial charge is 0.484 e. The van der Waals surface area contributed by atoms with Crippen LogP contribution in [0.3, 0.4) is 0 Å². The van der Waals surface area contributed by atoms with Gasteiger partial charge < -0.3 is 9.64 Å². The van der Waals surface area contributed by atoms with Crippen LogP contribution in [0.5, 0.6) is 5.75 Å². The number of nitrogens with zero attached hydrogens (tertiary/aromatic N) is 2. The molecule has 0 spiro atoms. The van der Waals surface area contributed by atoms with Gasteiger partial charge in [0, 0.05) is 50.4 Å². The Labute approximate surface area is 191 Å². The summed E-state index contributed by atoms with van der Waals surface area (Å²) in [6.45, 7) is 4.01. The lowest BCUT2D eigenvalue weighted by Gasteiger charge is -2.36. The molecule has 0 unspecified atom stereocenters. The summed E-state index contributed by atoms with van der Waals surface area (Å²) in [6.07, 6.45) is -0.0140. The number of piperazine rings is 1. The summed E-state index contributed by atoms with van der Waals surface area (Å²) in [7, 11) is 0. The molecule has 1 aliphatic rings. The molecule has 7 heteroatoms. The molecule has 0 N–H and O–H groups in total. The van der Waals surface area contributed by atoms with Crippen molar-refractivity contribution < 1.29 is 17.9 Å². The lowest BCUT2D eigenvalue weighted by molar-refractivity contribution is 0.157. The van der Waals surface area contributed by atoms with E-state index in [1.54, 1.807) is 30.3 Å². The van der Waals surface area contributed by atoms with Crippen molar-refractivity contribution in [2.75, 3.05) is 37.6 Å². The van der Waals surface area contributed by atoms with Crippen LogP contribution in [0.4, 0.5) is 18.9 Å². The smallest absolute Gasteiger partial charge is 0.139 e. The van der Waals surface area contributed by atoms with Crippen LogP contribution in [0, 0.1) is 17.5 Å². The molecular formula is C25H24ClF3N2O. The first-order valence-electron chi connectivity index (χ1n) is 10.6. The lowest BCUT2D eigenvalue weighted by Crippen LogP contribution is -2.46. The van der Waals surface area contributed by atoms with Gasteiger partial charge in [-0.05, 0) is 48.5 Å². The summed E-state index contributed by atoms with van der Waals surface area (Å²) in [5.41, 5.74) is 1.45. The number of rotatable bonds is 7. The van der Waals surface area contributed by atoms with Gasteiger partial charge in [0.15, 0.2) is 0 Å². The summed E-state index contributed by atoms with van der Waals surface area (Å²) in [6, 6.07) is 16.9. The van der Waals surface area contributed by atoms with E-state index in [9.17, 15) is 13.2 Å². The molecule has 3 aromatic rings. The quantitative estimate of drug-likeness (QED) is 0.424. The SMILES string of the molecule is Fc1ccc(N2CCN(CC[C@@H](Oc3ccc(F)cc3Cl)c3ccccc3F)CC2)cc1. The molecule has 3 aromatic carbocycles. The van der Waals surface area contributed by atoms with E-state index in [-0.39, 0.29) is 16.7 Å². The Kier molecular flexibility index (Phi) is 7.22. The van der Waals surface area contributed by atoms with Gasteiger partial charge in [0.2, 0.25) is 0 Å². The molecule has 168 valence electrons. The average Bonchev–Trinajstić information content (AvgIpc) is 2.79. The second-order valence-corrected chi connectivity index (χ2v) is 8.20. The standard InChI is InChI=1S/C25H24ClF3N2O/c26-22-17-19(28)7-10-25(22)32-24(21-3-1-2-4-23(21)29)11-12-30-13-15-31(16-14-30)20-8-5-18(27)6-9-20/h1-10,17,24H,11-16H2/t24-/m1/s1. The molecule has 0 aliphatic carbocycles. The van der Waals surface area contributed by atoms with Crippen LogP contribution in [0.15, 0.2) is 66.7 Å². The second-order valence-electron chi connectivity index (χ2n) is 7.80. The van der Waals surface area contributed by atoms with E-state index in [0.717, 1.165) is 31.9 Å². The maximum Gasteiger partial charge on any atom is 0.139 e. The molecule has 32 heavy (non-hydrogen) atoms. The zero-order valence-electron chi connectivity index (χ0n) is 17.5. The lowest BCUT2D eigenvalue weighted by atomic mass is 10.0. The highest BCUT2D eigenvalue weighted by Crippen LogP contribution is 2.32. The predicted octanol–water partition coefficient (Wildman–Crippen LogP) is 6.09. The van der Waals surface area contributed by atoms with Crippen molar-refractivity contribution in [2.45, 2.75) is 12.5 Å². The van der Waals surface area contributed by atoms with Crippen molar-refractivity contribution in [1.82, 2.24) is 4.90 Å². The van der Waals surface area contributed by atoms with Crippen molar-refractivity contribution in [3.05, 3.63) is 94.8 Å². The van der Waals surface area contributed by atoms with E-state index in [4.69, 9.17) is 16.3 Å². The number of benzene rings is 3. The molecule has 0 bridgehead atoms. The minimum Gasteiger partial charge on any atom is -0.484 e. The molecule has 4 rings (SSSR count). The fraction of sp³-hybridized carbons (Fsp3) is 0.280. The summed E-state index contributed by atoms with van der Waals surface area (Å²) in [4.78, 5) is 4.52. The zero-order chi connectivity index (χ0) is 22.5. The first-order valence-corrected chi connectivity index (χ1v) is 11.0. The zero-order valence-corrected chi connectivity index (χ0v) is 18.2. The Balaban J connectivity index is 1.40. The highest BCUT2D eigenvalue weighted by molar-refractivity contribution is 6.32. The van der Waals surface area contributed by atoms with E-state index in [0.29, 0.717) is 24.3 Å². The van der Waals surface area contributed by atoms with Gasteiger partial charge in [-0.15, -0.1) is 0 Å². The highest BCUT2D eigenvalue weighted by atomic mass is 35.5. The van der Waals surface area contributed by atoms with Crippen molar-refractivity contribution in [1.29, 1.82) is 0 Å². The molecule has 1 fully saturated rings. The van der Waals surface area contributed by atoms with Gasteiger partial charge in [-0.2, -0.15) is 0 Å². The van der Waals surface area contributed by atoms with Gasteiger partial charge >= 0.3 is 0 Å². The second kappa shape index (κ2) is 10.3. The third kappa shape index (κ3) is 5.56. The highest BCUT2D eigenvalue weighted by Gasteiger charge is 2.22. The maximum absolute atomic E-state index is 14.5. The Morgan fingerprint density at radius 2 is 1.53 bits per heavy atom.